The first-order valence-corrected chi connectivity index (χ1v) is 8.68. The maximum Gasteiger partial charge on any atom is 0.246 e. The molecule has 118 valence electrons. The molecule has 0 aromatic rings. The first kappa shape index (κ1) is 14.9. The van der Waals surface area contributed by atoms with E-state index >= 15 is 0 Å². The standard InChI is InChI=1S/C17H28N2O2/c1-11(2)15-16(20)18-14(13-8-9-13)17(21)19(15)10-12-6-4-3-5-7-12/h11-15H,3-10H2,1-2H3,(H,18,20). The average molecular weight is 292 g/mol. The average Bonchev–Trinajstić information content (AvgIpc) is 3.27. The van der Waals surface area contributed by atoms with E-state index in [0.717, 1.165) is 19.4 Å². The summed E-state index contributed by atoms with van der Waals surface area (Å²) in [5.74, 6) is 1.41. The van der Waals surface area contributed by atoms with Gasteiger partial charge in [0.05, 0.1) is 0 Å². The number of carbonyl (C=O) groups excluding carboxylic acids is 2. The quantitative estimate of drug-likeness (QED) is 0.864. The van der Waals surface area contributed by atoms with Crippen molar-refractivity contribution in [3.8, 4) is 0 Å². The van der Waals surface area contributed by atoms with Crippen molar-refractivity contribution in [1.82, 2.24) is 10.2 Å². The first-order valence-electron chi connectivity index (χ1n) is 8.68. The number of nitrogens with one attached hydrogen (secondary N) is 1. The van der Waals surface area contributed by atoms with Gasteiger partial charge >= 0.3 is 0 Å². The van der Waals surface area contributed by atoms with Gasteiger partial charge in [0, 0.05) is 6.54 Å². The number of amides is 2. The van der Waals surface area contributed by atoms with Crippen LogP contribution in [0.25, 0.3) is 0 Å². The molecule has 3 rings (SSSR count). The highest BCUT2D eigenvalue weighted by atomic mass is 16.2. The Hall–Kier alpha value is -1.06. The molecule has 2 aliphatic carbocycles. The first-order chi connectivity index (χ1) is 10.1. The van der Waals surface area contributed by atoms with Gasteiger partial charge in [0.15, 0.2) is 0 Å². The predicted octanol–water partition coefficient (Wildman–Crippen LogP) is 2.33. The maximum atomic E-state index is 12.9. The van der Waals surface area contributed by atoms with E-state index in [1.807, 2.05) is 18.7 Å². The third-order valence-electron chi connectivity index (χ3n) is 5.36. The normalized spacial score (nSPS) is 31.7. The fraction of sp³-hybridized carbons (Fsp3) is 0.882. The van der Waals surface area contributed by atoms with Crippen LogP contribution in [0.2, 0.25) is 0 Å². The van der Waals surface area contributed by atoms with Gasteiger partial charge in [-0.3, -0.25) is 9.59 Å². The number of nitrogens with zero attached hydrogens (tertiary/aromatic N) is 1. The highest BCUT2D eigenvalue weighted by Crippen LogP contribution is 2.36. The molecule has 4 heteroatoms. The molecule has 0 bridgehead atoms. The van der Waals surface area contributed by atoms with Gasteiger partial charge in [0.25, 0.3) is 0 Å². The van der Waals surface area contributed by atoms with Crippen LogP contribution in [0, 0.1) is 17.8 Å². The summed E-state index contributed by atoms with van der Waals surface area (Å²) in [6.45, 7) is 4.88. The van der Waals surface area contributed by atoms with Crippen LogP contribution in [-0.2, 0) is 9.59 Å². The monoisotopic (exact) mass is 292 g/mol. The van der Waals surface area contributed by atoms with Crippen molar-refractivity contribution in [2.24, 2.45) is 17.8 Å². The van der Waals surface area contributed by atoms with Crippen LogP contribution in [0.1, 0.15) is 58.8 Å². The Kier molecular flexibility index (Phi) is 4.23. The second kappa shape index (κ2) is 5.98. The molecule has 3 aliphatic rings. The summed E-state index contributed by atoms with van der Waals surface area (Å²) in [5.41, 5.74) is 0. The molecule has 2 amide bonds. The van der Waals surface area contributed by atoms with Crippen LogP contribution in [0.5, 0.6) is 0 Å². The summed E-state index contributed by atoms with van der Waals surface area (Å²) >= 11 is 0. The Morgan fingerprint density at radius 2 is 1.76 bits per heavy atom. The molecule has 1 aliphatic heterocycles. The Bertz CT molecular complexity index is 411. The molecule has 1 heterocycles. The van der Waals surface area contributed by atoms with E-state index in [1.54, 1.807) is 0 Å². The van der Waals surface area contributed by atoms with Crippen LogP contribution < -0.4 is 5.32 Å². The Morgan fingerprint density at radius 1 is 1.10 bits per heavy atom. The zero-order valence-electron chi connectivity index (χ0n) is 13.3. The minimum Gasteiger partial charge on any atom is -0.342 e. The van der Waals surface area contributed by atoms with Crippen molar-refractivity contribution in [2.75, 3.05) is 6.54 Å². The molecule has 0 aromatic heterocycles. The molecule has 2 atom stereocenters. The van der Waals surface area contributed by atoms with Crippen LogP contribution >= 0.6 is 0 Å². The van der Waals surface area contributed by atoms with Gasteiger partial charge in [0.1, 0.15) is 12.1 Å². The highest BCUT2D eigenvalue weighted by Gasteiger charge is 2.47. The number of carbonyl (C=O) groups is 2. The zero-order valence-corrected chi connectivity index (χ0v) is 13.3. The molecule has 1 saturated heterocycles. The number of piperazine rings is 1. The number of hydrogen-bond donors (Lipinski definition) is 1. The Morgan fingerprint density at radius 3 is 2.33 bits per heavy atom. The van der Waals surface area contributed by atoms with E-state index in [9.17, 15) is 9.59 Å². The molecule has 0 aromatic carbocycles. The van der Waals surface area contributed by atoms with Crippen LogP contribution in [0.4, 0.5) is 0 Å². The molecule has 2 saturated carbocycles. The summed E-state index contributed by atoms with van der Waals surface area (Å²) in [4.78, 5) is 27.3. The van der Waals surface area contributed by atoms with Gasteiger partial charge in [-0.15, -0.1) is 0 Å². The molecule has 4 nitrogen and oxygen atoms in total. The predicted molar refractivity (Wildman–Crippen MR) is 81.6 cm³/mol. The van der Waals surface area contributed by atoms with Gasteiger partial charge in [0.2, 0.25) is 11.8 Å². The molecular formula is C17H28N2O2. The van der Waals surface area contributed by atoms with Gasteiger partial charge in [-0.05, 0) is 43.4 Å². The lowest BCUT2D eigenvalue weighted by molar-refractivity contribution is -0.152. The molecule has 2 unspecified atom stereocenters. The van der Waals surface area contributed by atoms with E-state index in [0.29, 0.717) is 11.8 Å². The third-order valence-corrected chi connectivity index (χ3v) is 5.36. The van der Waals surface area contributed by atoms with Crippen molar-refractivity contribution in [3.05, 3.63) is 0 Å². The second-order valence-electron chi connectivity index (χ2n) is 7.51. The van der Waals surface area contributed by atoms with Crippen molar-refractivity contribution in [3.63, 3.8) is 0 Å². The van der Waals surface area contributed by atoms with Crippen molar-refractivity contribution < 1.29 is 9.59 Å². The lowest BCUT2D eigenvalue weighted by atomic mass is 9.87. The molecular weight excluding hydrogens is 264 g/mol. The lowest BCUT2D eigenvalue weighted by Crippen LogP contribution is -2.66. The fourth-order valence-electron chi connectivity index (χ4n) is 4.02. The lowest BCUT2D eigenvalue weighted by Gasteiger charge is -2.43. The van der Waals surface area contributed by atoms with Gasteiger partial charge in [-0.2, -0.15) is 0 Å². The molecule has 1 N–H and O–H groups in total. The second-order valence-corrected chi connectivity index (χ2v) is 7.51. The summed E-state index contributed by atoms with van der Waals surface area (Å²) < 4.78 is 0. The van der Waals surface area contributed by atoms with Crippen LogP contribution in [0.3, 0.4) is 0 Å². The van der Waals surface area contributed by atoms with E-state index in [1.165, 1.54) is 32.1 Å². The van der Waals surface area contributed by atoms with Crippen molar-refractivity contribution in [1.29, 1.82) is 0 Å². The minimum absolute atomic E-state index is 0.0670. The van der Waals surface area contributed by atoms with Crippen LogP contribution in [0.15, 0.2) is 0 Å². The van der Waals surface area contributed by atoms with Gasteiger partial charge < -0.3 is 10.2 Å². The summed E-state index contributed by atoms with van der Waals surface area (Å²) in [6.07, 6.45) is 8.47. The Labute approximate surface area is 127 Å². The fourth-order valence-corrected chi connectivity index (χ4v) is 4.02. The van der Waals surface area contributed by atoms with E-state index < -0.39 is 0 Å². The third kappa shape index (κ3) is 3.09. The maximum absolute atomic E-state index is 12.9. The van der Waals surface area contributed by atoms with Crippen molar-refractivity contribution >= 4 is 11.8 Å². The largest absolute Gasteiger partial charge is 0.342 e. The molecule has 0 spiro atoms. The number of rotatable bonds is 4. The molecule has 21 heavy (non-hydrogen) atoms. The summed E-state index contributed by atoms with van der Waals surface area (Å²) in [6, 6.07) is -0.509. The minimum atomic E-state index is -0.269. The number of hydrogen-bond acceptors (Lipinski definition) is 2. The van der Waals surface area contributed by atoms with E-state index in [-0.39, 0.29) is 29.8 Å². The van der Waals surface area contributed by atoms with Crippen LogP contribution in [-0.4, -0.2) is 35.3 Å². The van der Waals surface area contributed by atoms with E-state index in [2.05, 4.69) is 5.32 Å². The molecule has 3 fully saturated rings. The highest BCUT2D eigenvalue weighted by molar-refractivity contribution is 5.97. The topological polar surface area (TPSA) is 49.4 Å². The smallest absolute Gasteiger partial charge is 0.246 e. The van der Waals surface area contributed by atoms with Crippen molar-refractivity contribution in [2.45, 2.75) is 70.9 Å². The van der Waals surface area contributed by atoms with E-state index in [4.69, 9.17) is 0 Å². The summed E-state index contributed by atoms with van der Waals surface area (Å²) in [7, 11) is 0. The zero-order chi connectivity index (χ0) is 15.0. The summed E-state index contributed by atoms with van der Waals surface area (Å²) in [5, 5.41) is 3.00. The molecule has 0 radical (unpaired) electrons. The Balaban J connectivity index is 1.75. The van der Waals surface area contributed by atoms with Gasteiger partial charge in [-0.1, -0.05) is 33.1 Å². The van der Waals surface area contributed by atoms with Gasteiger partial charge in [-0.25, -0.2) is 0 Å². The SMILES string of the molecule is CC(C)C1C(=O)NC(C2CC2)C(=O)N1CC1CCCCC1.